The first kappa shape index (κ1) is 20.5. The van der Waals surface area contributed by atoms with E-state index in [4.69, 9.17) is 18.6 Å². The van der Waals surface area contributed by atoms with Crippen molar-refractivity contribution in [2.24, 2.45) is 0 Å². The molecule has 0 fully saturated rings. The van der Waals surface area contributed by atoms with Crippen molar-refractivity contribution in [3.8, 4) is 28.7 Å². The van der Waals surface area contributed by atoms with Crippen molar-refractivity contribution in [2.45, 2.75) is 12.1 Å². The summed E-state index contributed by atoms with van der Waals surface area (Å²) in [6.07, 6.45) is 0. The van der Waals surface area contributed by atoms with Gasteiger partial charge in [0.25, 0.3) is 5.22 Å². The van der Waals surface area contributed by atoms with Crippen molar-refractivity contribution >= 4 is 23.4 Å². The molecule has 0 aliphatic rings. The zero-order chi connectivity index (χ0) is 20.6. The maximum atomic E-state index is 12.2. The highest BCUT2D eigenvalue weighted by atomic mass is 32.2. The van der Waals surface area contributed by atoms with Crippen molar-refractivity contribution in [3.05, 3.63) is 42.5 Å². The Morgan fingerprint density at radius 3 is 2.34 bits per heavy atom. The van der Waals surface area contributed by atoms with Crippen LogP contribution < -0.4 is 19.5 Å². The molecule has 3 rings (SSSR count). The van der Waals surface area contributed by atoms with Crippen LogP contribution >= 0.6 is 11.8 Å². The van der Waals surface area contributed by atoms with Gasteiger partial charge in [-0.05, 0) is 31.2 Å². The molecule has 0 atom stereocenters. The van der Waals surface area contributed by atoms with Crippen LogP contribution in [0.2, 0.25) is 0 Å². The predicted molar refractivity (Wildman–Crippen MR) is 110 cm³/mol. The van der Waals surface area contributed by atoms with Crippen molar-refractivity contribution in [1.29, 1.82) is 0 Å². The Morgan fingerprint density at radius 1 is 1.03 bits per heavy atom. The number of rotatable bonds is 9. The number of anilines is 1. The Morgan fingerprint density at radius 2 is 1.72 bits per heavy atom. The monoisotopic (exact) mass is 415 g/mol. The molecule has 0 saturated carbocycles. The highest BCUT2D eigenvalue weighted by Gasteiger charge is 2.12. The van der Waals surface area contributed by atoms with E-state index in [1.165, 1.54) is 0 Å². The fourth-order valence-electron chi connectivity index (χ4n) is 2.45. The largest absolute Gasteiger partial charge is 0.497 e. The SMILES string of the molecule is CCOc1ccc(-c2nnc(SCC(=O)Nc3cc(OC)cc(OC)c3)o2)cc1. The van der Waals surface area contributed by atoms with E-state index >= 15 is 0 Å². The zero-order valence-corrected chi connectivity index (χ0v) is 17.1. The van der Waals surface area contributed by atoms with Gasteiger partial charge in [0.05, 0.1) is 26.6 Å². The molecule has 1 amide bonds. The minimum atomic E-state index is -0.217. The molecule has 0 saturated heterocycles. The second-order valence-electron chi connectivity index (χ2n) is 5.77. The average Bonchev–Trinajstić information content (AvgIpc) is 3.22. The molecule has 3 aromatic rings. The van der Waals surface area contributed by atoms with Gasteiger partial charge in [0.2, 0.25) is 11.8 Å². The predicted octanol–water partition coefficient (Wildman–Crippen LogP) is 3.88. The zero-order valence-electron chi connectivity index (χ0n) is 16.3. The van der Waals surface area contributed by atoms with Crippen molar-refractivity contribution in [3.63, 3.8) is 0 Å². The summed E-state index contributed by atoms with van der Waals surface area (Å²) in [6.45, 7) is 2.53. The van der Waals surface area contributed by atoms with Gasteiger partial charge in [-0.25, -0.2) is 0 Å². The summed E-state index contributed by atoms with van der Waals surface area (Å²) in [5, 5.41) is 11.1. The number of thioether (sulfide) groups is 1. The molecule has 1 heterocycles. The van der Waals surface area contributed by atoms with E-state index in [1.54, 1.807) is 32.4 Å². The maximum Gasteiger partial charge on any atom is 0.277 e. The topological polar surface area (TPSA) is 95.7 Å². The second-order valence-corrected chi connectivity index (χ2v) is 6.70. The lowest BCUT2D eigenvalue weighted by atomic mass is 10.2. The quantitative estimate of drug-likeness (QED) is 0.526. The highest BCUT2D eigenvalue weighted by molar-refractivity contribution is 7.99. The Bertz CT molecular complexity index is 937. The van der Waals surface area contributed by atoms with E-state index in [0.717, 1.165) is 23.1 Å². The number of benzene rings is 2. The van der Waals surface area contributed by atoms with E-state index in [-0.39, 0.29) is 11.7 Å². The van der Waals surface area contributed by atoms with E-state index < -0.39 is 0 Å². The fourth-order valence-corrected chi connectivity index (χ4v) is 3.01. The van der Waals surface area contributed by atoms with Gasteiger partial charge in [-0.3, -0.25) is 4.79 Å². The van der Waals surface area contributed by atoms with Crippen LogP contribution in [0.4, 0.5) is 5.69 Å². The van der Waals surface area contributed by atoms with Gasteiger partial charge in [-0.2, -0.15) is 0 Å². The van der Waals surface area contributed by atoms with Crippen LogP contribution in [0.25, 0.3) is 11.5 Å². The summed E-state index contributed by atoms with van der Waals surface area (Å²) < 4.78 is 21.4. The smallest absolute Gasteiger partial charge is 0.277 e. The van der Waals surface area contributed by atoms with Gasteiger partial charge in [-0.15, -0.1) is 10.2 Å². The molecule has 0 radical (unpaired) electrons. The standard InChI is InChI=1S/C20H21N3O5S/c1-4-27-15-7-5-13(6-8-15)19-22-23-20(28-19)29-12-18(24)21-14-9-16(25-2)11-17(10-14)26-3/h5-11H,4,12H2,1-3H3,(H,21,24). The minimum Gasteiger partial charge on any atom is -0.497 e. The number of nitrogens with zero attached hydrogens (tertiary/aromatic N) is 2. The van der Waals surface area contributed by atoms with Crippen LogP contribution in [0.5, 0.6) is 17.2 Å². The number of carbonyl (C=O) groups excluding carboxylic acids is 1. The van der Waals surface area contributed by atoms with E-state index in [0.29, 0.717) is 34.9 Å². The number of carbonyl (C=O) groups is 1. The lowest BCUT2D eigenvalue weighted by molar-refractivity contribution is -0.113. The number of ether oxygens (including phenoxy) is 3. The Balaban J connectivity index is 1.57. The van der Waals surface area contributed by atoms with Crippen LogP contribution in [0.15, 0.2) is 52.1 Å². The number of aromatic nitrogens is 2. The molecule has 0 bridgehead atoms. The third-order valence-corrected chi connectivity index (χ3v) is 4.60. The van der Waals surface area contributed by atoms with Crippen molar-refractivity contribution in [2.75, 3.05) is 31.9 Å². The van der Waals surface area contributed by atoms with E-state index in [9.17, 15) is 4.79 Å². The van der Waals surface area contributed by atoms with Gasteiger partial charge < -0.3 is 23.9 Å². The molecule has 9 heteroatoms. The molecule has 0 unspecified atom stereocenters. The highest BCUT2D eigenvalue weighted by Crippen LogP contribution is 2.27. The Hall–Kier alpha value is -3.20. The van der Waals surface area contributed by atoms with Crippen LogP contribution in [0, 0.1) is 0 Å². The molecule has 0 aliphatic heterocycles. The summed E-state index contributed by atoms with van der Waals surface area (Å²) in [4.78, 5) is 12.2. The lowest BCUT2D eigenvalue weighted by Crippen LogP contribution is -2.14. The molecular weight excluding hydrogens is 394 g/mol. The number of nitrogens with one attached hydrogen (secondary N) is 1. The summed E-state index contributed by atoms with van der Waals surface area (Å²) in [7, 11) is 3.10. The van der Waals surface area contributed by atoms with E-state index in [1.807, 2.05) is 31.2 Å². The molecule has 152 valence electrons. The second kappa shape index (κ2) is 9.83. The number of hydrogen-bond acceptors (Lipinski definition) is 8. The molecular formula is C20H21N3O5S. The maximum absolute atomic E-state index is 12.2. The molecule has 29 heavy (non-hydrogen) atoms. The third-order valence-electron chi connectivity index (χ3n) is 3.78. The molecule has 1 aromatic heterocycles. The van der Waals surface area contributed by atoms with Crippen LogP contribution in [-0.4, -0.2) is 42.7 Å². The average molecular weight is 415 g/mol. The summed E-state index contributed by atoms with van der Waals surface area (Å²) in [5.41, 5.74) is 1.35. The molecule has 1 N–H and O–H groups in total. The lowest BCUT2D eigenvalue weighted by Gasteiger charge is -2.09. The first-order valence-corrected chi connectivity index (χ1v) is 9.82. The Kier molecular flexibility index (Phi) is 6.96. The first-order valence-electron chi connectivity index (χ1n) is 8.83. The summed E-state index contributed by atoms with van der Waals surface area (Å²) in [5.74, 6) is 2.23. The first-order chi connectivity index (χ1) is 14.1. The van der Waals surface area contributed by atoms with Crippen molar-refractivity contribution < 1.29 is 23.4 Å². The molecule has 0 spiro atoms. The number of amides is 1. The molecule has 8 nitrogen and oxygen atoms in total. The van der Waals surface area contributed by atoms with Crippen LogP contribution in [0.1, 0.15) is 6.92 Å². The Labute approximate surface area is 172 Å². The fraction of sp³-hybridized carbons (Fsp3) is 0.250. The normalized spacial score (nSPS) is 10.4. The van der Waals surface area contributed by atoms with E-state index in [2.05, 4.69) is 15.5 Å². The minimum absolute atomic E-state index is 0.116. The van der Waals surface area contributed by atoms with Gasteiger partial charge in [-0.1, -0.05) is 11.8 Å². The van der Waals surface area contributed by atoms with Gasteiger partial charge in [0, 0.05) is 29.4 Å². The van der Waals surface area contributed by atoms with Crippen molar-refractivity contribution in [1.82, 2.24) is 10.2 Å². The van der Waals surface area contributed by atoms with Gasteiger partial charge in [0.1, 0.15) is 17.2 Å². The molecule has 0 aliphatic carbocycles. The third kappa shape index (κ3) is 5.64. The van der Waals surface area contributed by atoms with Gasteiger partial charge in [0.15, 0.2) is 0 Å². The van der Waals surface area contributed by atoms with Crippen LogP contribution in [-0.2, 0) is 4.79 Å². The molecule has 2 aromatic carbocycles. The summed E-state index contributed by atoms with van der Waals surface area (Å²) in [6, 6.07) is 12.5. The number of methoxy groups -OCH3 is 2. The number of hydrogen-bond donors (Lipinski definition) is 1. The summed E-state index contributed by atoms with van der Waals surface area (Å²) >= 11 is 1.15. The van der Waals surface area contributed by atoms with Crippen LogP contribution in [0.3, 0.4) is 0 Å². The van der Waals surface area contributed by atoms with Gasteiger partial charge >= 0.3 is 0 Å².